The van der Waals surface area contributed by atoms with E-state index in [9.17, 15) is 0 Å². The lowest BCUT2D eigenvalue weighted by atomic mass is 9.33. The third-order valence-electron chi connectivity index (χ3n) is 15.9. The van der Waals surface area contributed by atoms with E-state index in [1.165, 1.54) is 106 Å². The molecule has 0 radical (unpaired) electrons. The van der Waals surface area contributed by atoms with Crippen molar-refractivity contribution in [1.82, 2.24) is 0 Å². The lowest BCUT2D eigenvalue weighted by Crippen LogP contribution is -2.64. The Morgan fingerprint density at radius 2 is 1.09 bits per heavy atom. The van der Waals surface area contributed by atoms with Crippen molar-refractivity contribution in [2.24, 2.45) is 0 Å². The van der Waals surface area contributed by atoms with Crippen molar-refractivity contribution in [3.05, 3.63) is 156 Å². The minimum Gasteiger partial charge on any atom is -0.335 e. The summed E-state index contributed by atoms with van der Waals surface area (Å²) in [7, 11) is 0. The lowest BCUT2D eigenvalue weighted by molar-refractivity contribution is 0.195. The maximum Gasteiger partial charge on any atom is 0.252 e. The first-order chi connectivity index (χ1) is 26.9. The Labute approximate surface area is 326 Å². The van der Waals surface area contributed by atoms with Gasteiger partial charge in [-0.05, 0) is 109 Å². The van der Waals surface area contributed by atoms with E-state index in [2.05, 4.69) is 175 Å². The van der Waals surface area contributed by atoms with Crippen molar-refractivity contribution in [3.8, 4) is 0 Å². The monoisotopic (exact) mass is 713 g/mol. The molecule has 0 aromatic heterocycles. The van der Waals surface area contributed by atoms with Crippen molar-refractivity contribution in [3.63, 3.8) is 0 Å². The summed E-state index contributed by atoms with van der Waals surface area (Å²) >= 11 is 0. The van der Waals surface area contributed by atoms with Crippen LogP contribution in [0.1, 0.15) is 88.8 Å². The predicted octanol–water partition coefficient (Wildman–Crippen LogP) is 10.8. The summed E-state index contributed by atoms with van der Waals surface area (Å²) in [4.78, 5) is 8.31. The van der Waals surface area contributed by atoms with Crippen molar-refractivity contribution < 1.29 is 0 Å². The average molecular weight is 714 g/mol. The summed E-state index contributed by atoms with van der Waals surface area (Å²) in [5.74, 6) is 0. The molecule has 6 aromatic carbocycles. The van der Waals surface area contributed by atoms with E-state index >= 15 is 0 Å². The molecule has 2 fully saturated rings. The highest BCUT2D eigenvalue weighted by Gasteiger charge is 2.63. The number of para-hydroxylation sites is 4. The van der Waals surface area contributed by atoms with Gasteiger partial charge in [0.1, 0.15) is 0 Å². The van der Waals surface area contributed by atoms with E-state index in [1.54, 1.807) is 5.56 Å². The molecule has 4 atom stereocenters. The second-order valence-electron chi connectivity index (χ2n) is 18.1. The quantitative estimate of drug-likeness (QED) is 0.169. The molecule has 0 N–H and O–H groups in total. The van der Waals surface area contributed by atoms with Gasteiger partial charge < -0.3 is 14.7 Å². The van der Waals surface area contributed by atoms with Crippen LogP contribution in [0.5, 0.6) is 0 Å². The average Bonchev–Trinajstić information content (AvgIpc) is 3.60. The predicted molar refractivity (Wildman–Crippen MR) is 231 cm³/mol. The van der Waals surface area contributed by atoms with Gasteiger partial charge in [-0.1, -0.05) is 136 Å². The first-order valence-corrected chi connectivity index (χ1v) is 20.9. The molecule has 4 heterocycles. The zero-order valence-corrected chi connectivity index (χ0v) is 32.4. The highest BCUT2D eigenvalue weighted by Crippen LogP contribution is 2.66. The Balaban J connectivity index is 1.20. The van der Waals surface area contributed by atoms with Gasteiger partial charge in [0.15, 0.2) is 0 Å². The van der Waals surface area contributed by atoms with E-state index in [1.807, 2.05) is 0 Å². The summed E-state index contributed by atoms with van der Waals surface area (Å²) in [5.41, 5.74) is 18.0. The molecule has 0 spiro atoms. The maximum absolute atomic E-state index is 2.89. The first kappa shape index (κ1) is 32.1. The fraction of sp³-hybridized carbons (Fsp3) is 0.294. The van der Waals surface area contributed by atoms with E-state index in [-0.39, 0.29) is 28.6 Å². The van der Waals surface area contributed by atoms with Crippen LogP contribution in [0, 0.1) is 0 Å². The van der Waals surface area contributed by atoms with Gasteiger partial charge >= 0.3 is 0 Å². The number of benzene rings is 6. The van der Waals surface area contributed by atoms with Crippen molar-refractivity contribution in [1.29, 1.82) is 0 Å². The van der Waals surface area contributed by atoms with Crippen molar-refractivity contribution >= 4 is 62.9 Å². The van der Waals surface area contributed by atoms with Crippen LogP contribution < -0.4 is 31.1 Å². The molecule has 55 heavy (non-hydrogen) atoms. The summed E-state index contributed by atoms with van der Waals surface area (Å²) in [6.07, 6.45) is 9.76. The molecule has 6 aliphatic rings. The van der Waals surface area contributed by atoms with Crippen LogP contribution in [-0.4, -0.2) is 17.8 Å². The molecule has 4 heteroatoms. The van der Waals surface area contributed by atoms with Crippen LogP contribution >= 0.6 is 0 Å². The molecule has 0 saturated heterocycles. The van der Waals surface area contributed by atoms with Crippen LogP contribution in [0.25, 0.3) is 0 Å². The van der Waals surface area contributed by atoms with Crippen molar-refractivity contribution in [2.75, 3.05) is 14.7 Å². The number of rotatable bonds is 3. The molecule has 0 bridgehead atoms. The topological polar surface area (TPSA) is 9.72 Å². The second-order valence-corrected chi connectivity index (χ2v) is 18.1. The molecule has 0 amide bonds. The Kier molecular flexibility index (Phi) is 6.39. The Morgan fingerprint density at radius 1 is 0.473 bits per heavy atom. The zero-order valence-electron chi connectivity index (χ0n) is 32.4. The van der Waals surface area contributed by atoms with Crippen LogP contribution in [0.2, 0.25) is 0 Å². The van der Waals surface area contributed by atoms with Gasteiger partial charge in [-0.2, -0.15) is 0 Å². The molecular formula is C51H48BN3. The molecule has 4 aliphatic heterocycles. The SMILES string of the molecule is CC12CCCCC1(C)N1c3cc(N4c5ccccc5C5(c6ccccc6)CCCCC45C)cc4c3B(c3ccccc3N4c3ccccc3)c3cccc2c31. The Morgan fingerprint density at radius 3 is 1.91 bits per heavy atom. The van der Waals surface area contributed by atoms with Crippen LogP contribution in [0.4, 0.5) is 39.8 Å². The molecule has 270 valence electrons. The standard InChI is InChI=1S/C51H48BN3/c1-48-29-14-15-30-49(48,2)55-45-34-37(54-42-27-12-10-23-38(42)51(35-19-6-4-7-20-35)32-17-16-31-50(51,54)3)33-44-46(45)52(41-26-18-24-39(48)47(41)55)40-25-11-13-28-43(40)53(44)36-21-8-5-9-22-36/h4-13,18-28,33-34H,14-17,29-32H2,1-3H3. The van der Waals surface area contributed by atoms with Crippen LogP contribution in [-0.2, 0) is 10.8 Å². The van der Waals surface area contributed by atoms with Crippen LogP contribution in [0.15, 0.2) is 140 Å². The van der Waals surface area contributed by atoms with Crippen LogP contribution in [0.3, 0.4) is 0 Å². The summed E-state index contributed by atoms with van der Waals surface area (Å²) in [6.45, 7) is 7.96. The normalized spacial score (nSPS) is 27.8. The Hall–Kier alpha value is -5.22. The van der Waals surface area contributed by atoms with E-state index in [0.717, 1.165) is 12.8 Å². The first-order valence-electron chi connectivity index (χ1n) is 20.9. The second kappa shape index (κ2) is 11.0. The minimum atomic E-state index is -0.146. The van der Waals surface area contributed by atoms with E-state index in [0.29, 0.717) is 0 Å². The van der Waals surface area contributed by atoms with Gasteiger partial charge in [-0.25, -0.2) is 0 Å². The number of anilines is 7. The fourth-order valence-corrected chi connectivity index (χ4v) is 13.3. The third kappa shape index (κ3) is 3.75. The van der Waals surface area contributed by atoms with Gasteiger partial charge in [0.05, 0.1) is 11.1 Å². The Bertz CT molecular complexity index is 2550. The number of nitrogens with zero attached hydrogens (tertiary/aromatic N) is 3. The molecule has 3 nitrogen and oxygen atoms in total. The fourth-order valence-electron chi connectivity index (χ4n) is 13.3. The highest BCUT2D eigenvalue weighted by molar-refractivity contribution is 7.00. The highest BCUT2D eigenvalue weighted by atomic mass is 15.3. The summed E-state index contributed by atoms with van der Waals surface area (Å²) < 4.78 is 0. The summed E-state index contributed by atoms with van der Waals surface area (Å²) in [6, 6.07) is 53.9. The molecule has 6 aromatic rings. The van der Waals surface area contributed by atoms with Gasteiger partial charge in [-0.15, -0.1) is 0 Å². The maximum atomic E-state index is 2.89. The van der Waals surface area contributed by atoms with Gasteiger partial charge in [0, 0.05) is 50.6 Å². The molecule has 4 unspecified atom stereocenters. The minimum absolute atomic E-state index is 0.0267. The molecule has 2 aliphatic carbocycles. The lowest BCUT2D eigenvalue weighted by Gasteiger charge is -2.54. The third-order valence-corrected chi connectivity index (χ3v) is 15.9. The molecule has 12 rings (SSSR count). The zero-order chi connectivity index (χ0) is 36.7. The van der Waals surface area contributed by atoms with E-state index in [4.69, 9.17) is 0 Å². The smallest absolute Gasteiger partial charge is 0.252 e. The van der Waals surface area contributed by atoms with Gasteiger partial charge in [0.25, 0.3) is 6.71 Å². The number of fused-ring (bicyclic) bond motifs is 10. The molecule has 2 saturated carbocycles. The summed E-state index contributed by atoms with van der Waals surface area (Å²) in [5, 5.41) is 0. The largest absolute Gasteiger partial charge is 0.335 e. The van der Waals surface area contributed by atoms with Gasteiger partial charge in [0.2, 0.25) is 0 Å². The number of hydrogen-bond donors (Lipinski definition) is 0. The van der Waals surface area contributed by atoms with Gasteiger partial charge in [-0.3, -0.25) is 0 Å². The number of hydrogen-bond acceptors (Lipinski definition) is 3. The van der Waals surface area contributed by atoms with E-state index < -0.39 is 0 Å². The van der Waals surface area contributed by atoms with Crippen molar-refractivity contribution in [2.45, 2.75) is 94.0 Å². The molecular weight excluding hydrogens is 665 g/mol.